The van der Waals surface area contributed by atoms with Gasteiger partial charge in [0.15, 0.2) is 0 Å². The summed E-state index contributed by atoms with van der Waals surface area (Å²) in [4.78, 5) is 0. The fourth-order valence-corrected chi connectivity index (χ4v) is 0.0791. The van der Waals surface area contributed by atoms with Crippen molar-refractivity contribution in [3.8, 4) is 0 Å². The molecule has 0 bridgehead atoms. The van der Waals surface area contributed by atoms with Gasteiger partial charge in [0.1, 0.15) is 0 Å². The fourth-order valence-electron chi connectivity index (χ4n) is 0.0791. The molecule has 0 saturated carbocycles. The van der Waals surface area contributed by atoms with E-state index in [2.05, 4.69) is 5.48 Å². The van der Waals surface area contributed by atoms with Crippen molar-refractivity contribution < 1.29 is 5.21 Å². The van der Waals surface area contributed by atoms with Crippen LogP contribution in [-0.2, 0) is 0 Å². The van der Waals surface area contributed by atoms with Crippen LogP contribution in [0, 0.1) is 0 Å². The molecule has 0 aromatic heterocycles. The summed E-state index contributed by atoms with van der Waals surface area (Å²) in [6.45, 7) is 5.89. The normalized spacial score (nSPS) is 10.5. The molecule has 0 heterocycles. The largest absolute Gasteiger partial charge is 0.316 e. The van der Waals surface area contributed by atoms with Crippen LogP contribution >= 0.6 is 12.4 Å². The smallest absolute Gasteiger partial charge is 0.0371 e. The molecular formula is C5H14ClNO. The maximum Gasteiger partial charge on any atom is 0.0371 e. The van der Waals surface area contributed by atoms with Crippen molar-refractivity contribution in [2.45, 2.75) is 32.7 Å². The Hall–Kier alpha value is 0.210. The Bertz CT molecular complexity index is 50.4. The van der Waals surface area contributed by atoms with Gasteiger partial charge in [0, 0.05) is 5.54 Å². The van der Waals surface area contributed by atoms with E-state index < -0.39 is 0 Å². The van der Waals surface area contributed by atoms with Gasteiger partial charge in [0.25, 0.3) is 0 Å². The fraction of sp³-hybridized carbons (Fsp3) is 1.00. The molecule has 0 aliphatic heterocycles. The molecule has 0 saturated heterocycles. The molecule has 0 rings (SSSR count). The number of rotatable bonds is 2. The van der Waals surface area contributed by atoms with Gasteiger partial charge in [-0.2, -0.15) is 0 Å². The summed E-state index contributed by atoms with van der Waals surface area (Å²) in [7, 11) is 0. The highest BCUT2D eigenvalue weighted by Gasteiger charge is 2.10. The summed E-state index contributed by atoms with van der Waals surface area (Å²) in [5.41, 5.74) is 2.08. The van der Waals surface area contributed by atoms with Crippen molar-refractivity contribution in [1.29, 1.82) is 0 Å². The standard InChI is InChI=1S/C5H13NO.ClH/c1-4-5(2,3)6-7;/h6-7H,4H2,1-3H3;1H. The maximum atomic E-state index is 8.34. The summed E-state index contributed by atoms with van der Waals surface area (Å²) < 4.78 is 0. The first-order valence-corrected chi connectivity index (χ1v) is 2.53. The molecule has 0 atom stereocenters. The average Bonchev–Trinajstić information content (AvgIpc) is 1.68. The van der Waals surface area contributed by atoms with Gasteiger partial charge >= 0.3 is 0 Å². The number of hydroxylamine groups is 1. The lowest BCUT2D eigenvalue weighted by molar-refractivity contribution is 0.0794. The van der Waals surface area contributed by atoms with Crippen LogP contribution in [0.4, 0.5) is 0 Å². The van der Waals surface area contributed by atoms with Crippen molar-refractivity contribution in [3.63, 3.8) is 0 Å². The minimum absolute atomic E-state index is 0. The quantitative estimate of drug-likeness (QED) is 0.570. The molecule has 3 heteroatoms. The van der Waals surface area contributed by atoms with Crippen LogP contribution < -0.4 is 5.48 Å². The van der Waals surface area contributed by atoms with Crippen LogP contribution in [0.5, 0.6) is 0 Å². The molecule has 0 fully saturated rings. The van der Waals surface area contributed by atoms with E-state index in [9.17, 15) is 0 Å². The highest BCUT2D eigenvalue weighted by atomic mass is 35.5. The lowest BCUT2D eigenvalue weighted by atomic mass is 10.0. The van der Waals surface area contributed by atoms with E-state index >= 15 is 0 Å². The Kier molecular flexibility index (Phi) is 5.71. The molecule has 0 unspecified atom stereocenters. The second-order valence-electron chi connectivity index (χ2n) is 2.35. The van der Waals surface area contributed by atoms with E-state index in [0.717, 1.165) is 6.42 Å². The first kappa shape index (κ1) is 11.1. The number of nitrogens with one attached hydrogen (secondary N) is 1. The van der Waals surface area contributed by atoms with E-state index in [1.54, 1.807) is 0 Å². The summed E-state index contributed by atoms with van der Waals surface area (Å²) in [5, 5.41) is 8.34. The van der Waals surface area contributed by atoms with E-state index in [1.165, 1.54) is 0 Å². The van der Waals surface area contributed by atoms with Gasteiger partial charge < -0.3 is 5.21 Å². The third-order valence-corrected chi connectivity index (χ3v) is 1.19. The highest BCUT2D eigenvalue weighted by molar-refractivity contribution is 5.85. The lowest BCUT2D eigenvalue weighted by Gasteiger charge is -2.18. The van der Waals surface area contributed by atoms with E-state index in [1.807, 2.05) is 20.8 Å². The van der Waals surface area contributed by atoms with Gasteiger partial charge in [-0.25, -0.2) is 5.48 Å². The Morgan fingerprint density at radius 3 is 1.88 bits per heavy atom. The SMILES string of the molecule is CCC(C)(C)NO.Cl. The van der Waals surface area contributed by atoms with Crippen LogP contribution in [0.2, 0.25) is 0 Å². The molecule has 2 nitrogen and oxygen atoms in total. The Labute approximate surface area is 56.7 Å². The van der Waals surface area contributed by atoms with Crippen molar-refractivity contribution in [2.75, 3.05) is 0 Å². The topological polar surface area (TPSA) is 32.3 Å². The van der Waals surface area contributed by atoms with Crippen LogP contribution in [0.1, 0.15) is 27.2 Å². The minimum atomic E-state index is -0.111. The van der Waals surface area contributed by atoms with Crippen LogP contribution in [0.15, 0.2) is 0 Å². The van der Waals surface area contributed by atoms with Crippen LogP contribution in [0.3, 0.4) is 0 Å². The van der Waals surface area contributed by atoms with Crippen LogP contribution in [-0.4, -0.2) is 10.7 Å². The molecule has 0 aromatic rings. The summed E-state index contributed by atoms with van der Waals surface area (Å²) in [6, 6.07) is 0. The van der Waals surface area contributed by atoms with Crippen LogP contribution in [0.25, 0.3) is 0 Å². The van der Waals surface area contributed by atoms with Crippen molar-refractivity contribution >= 4 is 12.4 Å². The zero-order valence-corrected chi connectivity index (χ0v) is 6.38. The molecule has 0 amide bonds. The molecule has 2 N–H and O–H groups in total. The lowest BCUT2D eigenvalue weighted by Crippen LogP contribution is -2.35. The van der Waals surface area contributed by atoms with Crippen molar-refractivity contribution in [2.24, 2.45) is 0 Å². The monoisotopic (exact) mass is 139 g/mol. The third-order valence-electron chi connectivity index (χ3n) is 1.19. The molecule has 0 aliphatic carbocycles. The first-order valence-electron chi connectivity index (χ1n) is 2.53. The maximum absolute atomic E-state index is 8.34. The number of halogens is 1. The van der Waals surface area contributed by atoms with Crippen molar-refractivity contribution in [3.05, 3.63) is 0 Å². The van der Waals surface area contributed by atoms with Crippen molar-refractivity contribution in [1.82, 2.24) is 5.48 Å². The van der Waals surface area contributed by atoms with E-state index in [0.29, 0.717) is 0 Å². The zero-order chi connectivity index (χ0) is 5.91. The number of hydrogen-bond donors (Lipinski definition) is 2. The Morgan fingerprint density at radius 2 is 1.88 bits per heavy atom. The number of hydrogen-bond acceptors (Lipinski definition) is 2. The average molecular weight is 140 g/mol. The second kappa shape index (κ2) is 4.13. The van der Waals surface area contributed by atoms with Gasteiger partial charge in [-0.15, -0.1) is 12.4 Å². The van der Waals surface area contributed by atoms with Gasteiger partial charge in [0.2, 0.25) is 0 Å². The summed E-state index contributed by atoms with van der Waals surface area (Å²) in [6.07, 6.45) is 0.934. The molecule has 8 heavy (non-hydrogen) atoms. The highest BCUT2D eigenvalue weighted by Crippen LogP contribution is 2.03. The Balaban J connectivity index is 0. The summed E-state index contributed by atoms with van der Waals surface area (Å²) in [5.74, 6) is 0. The van der Waals surface area contributed by atoms with E-state index in [4.69, 9.17) is 5.21 Å². The van der Waals surface area contributed by atoms with Gasteiger partial charge in [0.05, 0.1) is 0 Å². The summed E-state index contributed by atoms with van der Waals surface area (Å²) >= 11 is 0. The Morgan fingerprint density at radius 1 is 1.50 bits per heavy atom. The van der Waals surface area contributed by atoms with Gasteiger partial charge in [-0.05, 0) is 20.3 Å². The molecule has 0 aromatic carbocycles. The third kappa shape index (κ3) is 4.37. The molecule has 0 spiro atoms. The van der Waals surface area contributed by atoms with Gasteiger partial charge in [-0.3, -0.25) is 0 Å². The molecule has 0 aliphatic rings. The molecule has 0 radical (unpaired) electrons. The molecule has 52 valence electrons. The van der Waals surface area contributed by atoms with E-state index in [-0.39, 0.29) is 17.9 Å². The second-order valence-corrected chi connectivity index (χ2v) is 2.35. The molecular weight excluding hydrogens is 126 g/mol. The predicted molar refractivity (Wildman–Crippen MR) is 36.5 cm³/mol. The first-order chi connectivity index (χ1) is 3.12. The minimum Gasteiger partial charge on any atom is -0.316 e. The predicted octanol–water partition coefficient (Wildman–Crippen LogP) is 1.58. The zero-order valence-electron chi connectivity index (χ0n) is 5.56. The van der Waals surface area contributed by atoms with Gasteiger partial charge in [-0.1, -0.05) is 6.92 Å².